The number of furan rings is 1. The number of carbonyl (C=O) groups is 2. The number of benzene rings is 2. The van der Waals surface area contributed by atoms with Gasteiger partial charge in [0, 0.05) is 22.7 Å². The highest BCUT2D eigenvalue weighted by Gasteiger charge is 2.11. The standard InChI is InChI=1S/C20H20N2O4/c1-2-13-6-7-17-14(11-26-18(17)8-13)9-20(24)22-15-4-3-5-16(10-15)25-12-19(21)23/h3-8,10-11H,2,9,12H2,1H3,(H2,21,23)(H,22,24). The molecule has 0 spiro atoms. The summed E-state index contributed by atoms with van der Waals surface area (Å²) in [6.07, 6.45) is 2.75. The number of hydrogen-bond donors (Lipinski definition) is 2. The van der Waals surface area contributed by atoms with Gasteiger partial charge in [-0.3, -0.25) is 9.59 Å². The minimum absolute atomic E-state index is 0.167. The lowest BCUT2D eigenvalue weighted by molar-refractivity contribution is -0.120. The van der Waals surface area contributed by atoms with E-state index >= 15 is 0 Å². The van der Waals surface area contributed by atoms with Crippen molar-refractivity contribution in [3.8, 4) is 5.75 Å². The van der Waals surface area contributed by atoms with Gasteiger partial charge in [-0.15, -0.1) is 0 Å². The number of carbonyl (C=O) groups excluding carboxylic acids is 2. The number of primary amides is 1. The predicted octanol–water partition coefficient (Wildman–Crippen LogP) is 3.04. The first-order chi connectivity index (χ1) is 12.5. The molecular weight excluding hydrogens is 332 g/mol. The third kappa shape index (κ3) is 4.22. The maximum Gasteiger partial charge on any atom is 0.255 e. The van der Waals surface area contributed by atoms with Gasteiger partial charge in [-0.1, -0.05) is 25.1 Å². The predicted molar refractivity (Wildman–Crippen MR) is 99.1 cm³/mol. The van der Waals surface area contributed by atoms with Gasteiger partial charge in [0.15, 0.2) is 6.61 Å². The smallest absolute Gasteiger partial charge is 0.255 e. The molecule has 3 rings (SSSR count). The Morgan fingerprint density at radius 2 is 2.04 bits per heavy atom. The van der Waals surface area contributed by atoms with Crippen LogP contribution in [0, 0.1) is 0 Å². The Hall–Kier alpha value is -3.28. The molecule has 134 valence electrons. The fourth-order valence-corrected chi connectivity index (χ4v) is 2.68. The number of rotatable bonds is 7. The van der Waals surface area contributed by atoms with Crippen LogP contribution in [0.4, 0.5) is 5.69 Å². The van der Waals surface area contributed by atoms with Crippen LogP contribution in [0.2, 0.25) is 0 Å². The van der Waals surface area contributed by atoms with Crippen molar-refractivity contribution < 1.29 is 18.7 Å². The minimum Gasteiger partial charge on any atom is -0.484 e. The molecule has 0 aliphatic rings. The van der Waals surface area contributed by atoms with Crippen molar-refractivity contribution in [2.45, 2.75) is 19.8 Å². The van der Waals surface area contributed by atoms with E-state index in [2.05, 4.69) is 12.2 Å². The lowest BCUT2D eigenvalue weighted by Gasteiger charge is -2.08. The molecule has 0 atom stereocenters. The largest absolute Gasteiger partial charge is 0.484 e. The summed E-state index contributed by atoms with van der Waals surface area (Å²) < 4.78 is 10.8. The molecular formula is C20H20N2O4. The van der Waals surface area contributed by atoms with Crippen LogP contribution in [0.3, 0.4) is 0 Å². The van der Waals surface area contributed by atoms with Crippen molar-refractivity contribution in [2.75, 3.05) is 11.9 Å². The van der Waals surface area contributed by atoms with Crippen molar-refractivity contribution in [1.29, 1.82) is 0 Å². The van der Waals surface area contributed by atoms with Gasteiger partial charge >= 0.3 is 0 Å². The third-order valence-corrected chi connectivity index (χ3v) is 3.98. The third-order valence-electron chi connectivity index (χ3n) is 3.98. The van der Waals surface area contributed by atoms with Crippen molar-refractivity contribution in [1.82, 2.24) is 0 Å². The first-order valence-corrected chi connectivity index (χ1v) is 8.35. The molecule has 26 heavy (non-hydrogen) atoms. The number of fused-ring (bicyclic) bond motifs is 1. The maximum atomic E-state index is 12.4. The molecule has 1 aromatic heterocycles. The molecule has 0 unspecified atom stereocenters. The second-order valence-corrected chi connectivity index (χ2v) is 5.95. The molecule has 2 aromatic carbocycles. The first-order valence-electron chi connectivity index (χ1n) is 8.35. The monoisotopic (exact) mass is 352 g/mol. The Morgan fingerprint density at radius 3 is 2.81 bits per heavy atom. The van der Waals surface area contributed by atoms with Crippen LogP contribution in [-0.2, 0) is 22.4 Å². The zero-order valence-corrected chi connectivity index (χ0v) is 14.5. The fourth-order valence-electron chi connectivity index (χ4n) is 2.68. The summed E-state index contributed by atoms with van der Waals surface area (Å²) in [4.78, 5) is 23.1. The van der Waals surface area contributed by atoms with E-state index in [1.165, 1.54) is 5.56 Å². The molecule has 6 heteroatoms. The summed E-state index contributed by atoms with van der Waals surface area (Å²) in [5, 5.41) is 3.76. The Balaban J connectivity index is 1.67. The molecule has 3 N–H and O–H groups in total. The lowest BCUT2D eigenvalue weighted by Crippen LogP contribution is -2.20. The summed E-state index contributed by atoms with van der Waals surface area (Å²) >= 11 is 0. The Bertz CT molecular complexity index is 946. The summed E-state index contributed by atoms with van der Waals surface area (Å²) in [5.41, 5.74) is 8.45. The zero-order chi connectivity index (χ0) is 18.5. The van der Waals surface area contributed by atoms with Crippen molar-refractivity contribution in [2.24, 2.45) is 5.73 Å². The van der Waals surface area contributed by atoms with Gasteiger partial charge in [0.25, 0.3) is 5.91 Å². The first kappa shape index (κ1) is 17.5. The van der Waals surface area contributed by atoms with Gasteiger partial charge in [0.05, 0.1) is 12.7 Å². The van der Waals surface area contributed by atoms with Gasteiger partial charge in [-0.25, -0.2) is 0 Å². The van der Waals surface area contributed by atoms with Crippen LogP contribution in [-0.4, -0.2) is 18.4 Å². The highest BCUT2D eigenvalue weighted by atomic mass is 16.5. The number of ether oxygens (including phenoxy) is 1. The van der Waals surface area contributed by atoms with E-state index in [-0.39, 0.29) is 18.9 Å². The fraction of sp³-hybridized carbons (Fsp3) is 0.200. The summed E-state index contributed by atoms with van der Waals surface area (Å²) in [6, 6.07) is 12.8. The number of nitrogens with one attached hydrogen (secondary N) is 1. The SMILES string of the molecule is CCc1ccc2c(CC(=O)Nc3cccc(OCC(N)=O)c3)coc2c1. The minimum atomic E-state index is -0.558. The molecule has 3 aromatic rings. The van der Waals surface area contributed by atoms with Gasteiger partial charge in [0.1, 0.15) is 11.3 Å². The molecule has 0 fully saturated rings. The highest BCUT2D eigenvalue weighted by Crippen LogP contribution is 2.24. The van der Waals surface area contributed by atoms with Crippen molar-refractivity contribution in [3.05, 3.63) is 59.9 Å². The van der Waals surface area contributed by atoms with E-state index in [1.807, 2.05) is 18.2 Å². The maximum absolute atomic E-state index is 12.4. The van der Waals surface area contributed by atoms with Crippen LogP contribution in [0.25, 0.3) is 11.0 Å². The van der Waals surface area contributed by atoms with E-state index in [0.29, 0.717) is 11.4 Å². The van der Waals surface area contributed by atoms with Gasteiger partial charge < -0.3 is 20.2 Å². The highest BCUT2D eigenvalue weighted by molar-refractivity contribution is 5.95. The van der Waals surface area contributed by atoms with E-state index in [0.717, 1.165) is 23.0 Å². The van der Waals surface area contributed by atoms with Crippen molar-refractivity contribution in [3.63, 3.8) is 0 Å². The molecule has 1 heterocycles. The van der Waals surface area contributed by atoms with Crippen LogP contribution in [0.1, 0.15) is 18.1 Å². The lowest BCUT2D eigenvalue weighted by atomic mass is 10.1. The van der Waals surface area contributed by atoms with Crippen LogP contribution >= 0.6 is 0 Å². The number of anilines is 1. The van der Waals surface area contributed by atoms with Gasteiger partial charge in [-0.05, 0) is 30.2 Å². The Labute approximate surface area is 150 Å². The van der Waals surface area contributed by atoms with E-state index in [1.54, 1.807) is 30.5 Å². The van der Waals surface area contributed by atoms with E-state index in [4.69, 9.17) is 14.9 Å². The average Bonchev–Trinajstić information content (AvgIpc) is 3.02. The molecule has 2 amide bonds. The molecule has 0 saturated heterocycles. The number of amides is 2. The molecule has 0 bridgehead atoms. The molecule has 0 radical (unpaired) electrons. The summed E-state index contributed by atoms with van der Waals surface area (Å²) in [5.74, 6) is -0.265. The Kier molecular flexibility index (Phi) is 5.22. The molecule has 0 aliphatic carbocycles. The molecule has 6 nitrogen and oxygen atoms in total. The van der Waals surface area contributed by atoms with Crippen LogP contribution in [0.5, 0.6) is 5.75 Å². The summed E-state index contributed by atoms with van der Waals surface area (Å²) in [6.45, 7) is 1.87. The molecule has 0 saturated carbocycles. The van der Waals surface area contributed by atoms with Gasteiger partial charge in [-0.2, -0.15) is 0 Å². The molecule has 0 aliphatic heterocycles. The zero-order valence-electron chi connectivity index (χ0n) is 14.5. The number of hydrogen-bond acceptors (Lipinski definition) is 4. The second-order valence-electron chi connectivity index (χ2n) is 5.95. The second kappa shape index (κ2) is 7.74. The average molecular weight is 352 g/mol. The van der Waals surface area contributed by atoms with Gasteiger partial charge in [0.2, 0.25) is 5.91 Å². The van der Waals surface area contributed by atoms with Crippen LogP contribution < -0.4 is 15.8 Å². The Morgan fingerprint density at radius 1 is 1.19 bits per heavy atom. The van der Waals surface area contributed by atoms with Crippen molar-refractivity contribution >= 4 is 28.5 Å². The summed E-state index contributed by atoms with van der Waals surface area (Å²) in [7, 11) is 0. The number of aryl methyl sites for hydroxylation is 1. The normalized spacial score (nSPS) is 10.7. The van der Waals surface area contributed by atoms with E-state index < -0.39 is 5.91 Å². The van der Waals surface area contributed by atoms with Crippen LogP contribution in [0.15, 0.2) is 53.1 Å². The quantitative estimate of drug-likeness (QED) is 0.683. The van der Waals surface area contributed by atoms with E-state index in [9.17, 15) is 9.59 Å². The number of nitrogens with two attached hydrogens (primary N) is 1. The topological polar surface area (TPSA) is 94.6 Å².